The molecular weight excluding hydrogens is 333 g/mol. The van der Waals surface area contributed by atoms with Crippen LogP contribution >= 0.6 is 11.8 Å². The Morgan fingerprint density at radius 3 is 2.74 bits per heavy atom. The molecule has 2 amide bonds. The summed E-state index contributed by atoms with van der Waals surface area (Å²) >= 11 is 1.01. The Labute approximate surface area is 132 Å². The van der Waals surface area contributed by atoms with Crippen molar-refractivity contribution in [2.75, 3.05) is 4.90 Å². The minimum Gasteiger partial charge on any atom is -0.274 e. The van der Waals surface area contributed by atoms with E-state index >= 15 is 0 Å². The first-order valence-electron chi connectivity index (χ1n) is 6.42. The number of amides is 2. The van der Waals surface area contributed by atoms with Gasteiger partial charge in [0, 0.05) is 6.42 Å². The van der Waals surface area contributed by atoms with E-state index in [2.05, 4.69) is 15.2 Å². The summed E-state index contributed by atoms with van der Waals surface area (Å²) in [6.45, 7) is 0. The molecule has 0 bridgehead atoms. The van der Waals surface area contributed by atoms with Gasteiger partial charge in [0.1, 0.15) is 11.6 Å². The Bertz CT molecular complexity index is 748. The normalized spacial score (nSPS) is 18.7. The van der Waals surface area contributed by atoms with Gasteiger partial charge >= 0.3 is 6.18 Å². The van der Waals surface area contributed by atoms with Crippen molar-refractivity contribution in [3.63, 3.8) is 0 Å². The third-order valence-corrected chi connectivity index (χ3v) is 4.26. The molecule has 23 heavy (non-hydrogen) atoms. The fourth-order valence-electron chi connectivity index (χ4n) is 2.17. The number of aromatic nitrogens is 3. The highest BCUT2D eigenvalue weighted by Gasteiger charge is 2.41. The number of anilines is 1. The quantitative estimate of drug-likeness (QED) is 0.866. The van der Waals surface area contributed by atoms with Crippen LogP contribution in [-0.2, 0) is 15.8 Å². The molecule has 0 unspecified atom stereocenters. The van der Waals surface area contributed by atoms with E-state index in [-0.39, 0.29) is 12.1 Å². The lowest BCUT2D eigenvalue weighted by Gasteiger charge is -2.16. The number of nitrogens with zero attached hydrogens (tertiary/aromatic N) is 3. The Morgan fingerprint density at radius 2 is 2.09 bits per heavy atom. The van der Waals surface area contributed by atoms with Gasteiger partial charge in [-0.15, -0.1) is 0 Å². The van der Waals surface area contributed by atoms with Crippen molar-refractivity contribution in [2.24, 2.45) is 0 Å². The zero-order chi connectivity index (χ0) is 16.6. The van der Waals surface area contributed by atoms with Crippen molar-refractivity contribution < 1.29 is 22.8 Å². The molecule has 1 aliphatic rings. The maximum Gasteiger partial charge on any atom is 0.416 e. The number of benzene rings is 1. The van der Waals surface area contributed by atoms with Crippen LogP contribution in [0.5, 0.6) is 0 Å². The molecular formula is C13H9F3N4O2S. The van der Waals surface area contributed by atoms with E-state index in [0.29, 0.717) is 5.16 Å². The molecule has 2 heterocycles. The molecule has 1 atom stereocenters. The van der Waals surface area contributed by atoms with Crippen molar-refractivity contribution in [1.82, 2.24) is 15.2 Å². The average Bonchev–Trinajstić information content (AvgIpc) is 3.08. The summed E-state index contributed by atoms with van der Waals surface area (Å²) in [5.41, 5.74) is -1.00. The van der Waals surface area contributed by atoms with E-state index in [0.717, 1.165) is 34.9 Å². The van der Waals surface area contributed by atoms with Gasteiger partial charge in [0.15, 0.2) is 5.16 Å². The predicted molar refractivity (Wildman–Crippen MR) is 74.6 cm³/mol. The first kappa shape index (κ1) is 15.5. The number of imide groups is 1. The van der Waals surface area contributed by atoms with Crippen molar-refractivity contribution in [3.8, 4) is 0 Å². The van der Waals surface area contributed by atoms with Crippen molar-refractivity contribution in [1.29, 1.82) is 0 Å². The van der Waals surface area contributed by atoms with Crippen molar-refractivity contribution in [3.05, 3.63) is 36.2 Å². The number of halogens is 3. The Balaban J connectivity index is 1.86. The standard InChI is InChI=1S/C13H9F3N4O2S/c14-13(15,16)7-2-1-3-8(4-7)20-10(21)5-9(11(20)22)23-12-17-6-18-19-12/h1-4,6,9H,5H2,(H,17,18,19)/t9-/m1/s1. The lowest BCUT2D eigenvalue weighted by molar-refractivity contribution is -0.137. The zero-order valence-electron chi connectivity index (χ0n) is 11.4. The molecule has 3 rings (SSSR count). The summed E-state index contributed by atoms with van der Waals surface area (Å²) in [6.07, 6.45) is -3.40. The summed E-state index contributed by atoms with van der Waals surface area (Å²) in [6, 6.07) is 4.13. The summed E-state index contributed by atoms with van der Waals surface area (Å²) in [5.74, 6) is -1.12. The molecule has 1 fully saturated rings. The van der Waals surface area contributed by atoms with Crippen LogP contribution in [0.15, 0.2) is 35.7 Å². The van der Waals surface area contributed by atoms with Crippen LogP contribution in [0.1, 0.15) is 12.0 Å². The van der Waals surface area contributed by atoms with Gasteiger partial charge in [-0.2, -0.15) is 18.3 Å². The van der Waals surface area contributed by atoms with E-state index in [4.69, 9.17) is 0 Å². The molecule has 1 saturated heterocycles. The number of aromatic amines is 1. The molecule has 0 aliphatic carbocycles. The molecule has 1 N–H and O–H groups in total. The fraction of sp³-hybridized carbons (Fsp3) is 0.231. The van der Waals surface area contributed by atoms with Crippen LogP contribution in [0.25, 0.3) is 0 Å². The van der Waals surface area contributed by atoms with Gasteiger partial charge < -0.3 is 0 Å². The van der Waals surface area contributed by atoms with Crippen LogP contribution in [0, 0.1) is 0 Å². The highest BCUT2D eigenvalue weighted by molar-refractivity contribution is 8.00. The van der Waals surface area contributed by atoms with Gasteiger partial charge in [-0.05, 0) is 18.2 Å². The number of H-pyrrole nitrogens is 1. The summed E-state index contributed by atoms with van der Waals surface area (Å²) < 4.78 is 38.3. The molecule has 1 aromatic carbocycles. The molecule has 1 aliphatic heterocycles. The predicted octanol–water partition coefficient (Wildman–Crippen LogP) is 2.25. The van der Waals surface area contributed by atoms with Crippen LogP contribution < -0.4 is 4.90 Å². The fourth-order valence-corrected chi connectivity index (χ4v) is 3.09. The SMILES string of the molecule is O=C1C[C@@H](Sc2ncn[nH]2)C(=O)N1c1cccc(C(F)(F)F)c1. The number of alkyl halides is 3. The Morgan fingerprint density at radius 1 is 1.30 bits per heavy atom. The van der Waals surface area contributed by atoms with Crippen LogP contribution in [-0.4, -0.2) is 32.2 Å². The molecule has 6 nitrogen and oxygen atoms in total. The topological polar surface area (TPSA) is 79.0 Å². The first-order chi connectivity index (χ1) is 10.9. The molecule has 0 spiro atoms. The summed E-state index contributed by atoms with van der Waals surface area (Å²) in [5, 5.41) is 5.80. The van der Waals surface area contributed by atoms with Gasteiger partial charge in [-0.25, -0.2) is 9.88 Å². The summed E-state index contributed by atoms with van der Waals surface area (Å²) in [7, 11) is 0. The van der Waals surface area contributed by atoms with Gasteiger partial charge in [-0.1, -0.05) is 17.8 Å². The van der Waals surface area contributed by atoms with Crippen LogP contribution in [0.2, 0.25) is 0 Å². The third-order valence-electron chi connectivity index (χ3n) is 3.18. The van der Waals surface area contributed by atoms with Crippen LogP contribution in [0.3, 0.4) is 0 Å². The number of nitrogens with one attached hydrogen (secondary N) is 1. The number of carbonyl (C=O) groups is 2. The highest BCUT2D eigenvalue weighted by atomic mass is 32.2. The number of thioether (sulfide) groups is 1. The largest absolute Gasteiger partial charge is 0.416 e. The molecule has 0 radical (unpaired) electrons. The maximum atomic E-state index is 12.8. The average molecular weight is 342 g/mol. The second kappa shape index (κ2) is 5.69. The number of rotatable bonds is 3. The Kier molecular flexibility index (Phi) is 3.84. The zero-order valence-corrected chi connectivity index (χ0v) is 12.2. The van der Waals surface area contributed by atoms with E-state index in [1.54, 1.807) is 0 Å². The minimum atomic E-state index is -4.55. The van der Waals surface area contributed by atoms with E-state index in [1.807, 2.05) is 0 Å². The van der Waals surface area contributed by atoms with Crippen LogP contribution in [0.4, 0.5) is 18.9 Å². The van der Waals surface area contributed by atoms with E-state index < -0.39 is 28.8 Å². The maximum absolute atomic E-state index is 12.8. The molecule has 10 heteroatoms. The van der Waals surface area contributed by atoms with Gasteiger partial charge in [0.05, 0.1) is 11.3 Å². The molecule has 120 valence electrons. The lowest BCUT2D eigenvalue weighted by atomic mass is 10.2. The second-order valence-corrected chi connectivity index (χ2v) is 5.91. The Hall–Kier alpha value is -2.36. The molecule has 2 aromatic rings. The third kappa shape index (κ3) is 3.07. The van der Waals surface area contributed by atoms with Gasteiger partial charge in [0.25, 0.3) is 0 Å². The number of hydrogen-bond donors (Lipinski definition) is 1. The number of carbonyl (C=O) groups excluding carboxylic acids is 2. The molecule has 0 saturated carbocycles. The van der Waals surface area contributed by atoms with Crippen molar-refractivity contribution in [2.45, 2.75) is 23.0 Å². The first-order valence-corrected chi connectivity index (χ1v) is 7.30. The smallest absolute Gasteiger partial charge is 0.274 e. The summed E-state index contributed by atoms with van der Waals surface area (Å²) in [4.78, 5) is 29.0. The molecule has 1 aromatic heterocycles. The highest BCUT2D eigenvalue weighted by Crippen LogP contribution is 2.35. The monoisotopic (exact) mass is 342 g/mol. The van der Waals surface area contributed by atoms with E-state index in [1.165, 1.54) is 12.4 Å². The minimum absolute atomic E-state index is 0.0875. The van der Waals surface area contributed by atoms with Gasteiger partial charge in [0.2, 0.25) is 11.8 Å². The number of hydrogen-bond acceptors (Lipinski definition) is 5. The lowest BCUT2D eigenvalue weighted by Crippen LogP contribution is -2.31. The van der Waals surface area contributed by atoms with Crippen molar-refractivity contribution >= 4 is 29.3 Å². The van der Waals surface area contributed by atoms with Gasteiger partial charge in [-0.3, -0.25) is 14.7 Å². The van der Waals surface area contributed by atoms with E-state index in [9.17, 15) is 22.8 Å². The second-order valence-electron chi connectivity index (χ2n) is 4.72.